The van der Waals surface area contributed by atoms with Crippen LogP contribution in [0.25, 0.3) is 0 Å². The van der Waals surface area contributed by atoms with Crippen molar-refractivity contribution in [2.24, 2.45) is 5.92 Å². The SMILES string of the molecule is C[C@@H]1C[C@H](O)CN(C(=O)C(C)(F)F)C1. The first-order valence-electron chi connectivity index (χ1n) is 4.66. The van der Waals surface area contributed by atoms with E-state index in [1.165, 1.54) is 0 Å². The number of rotatable bonds is 1. The summed E-state index contributed by atoms with van der Waals surface area (Å²) in [6, 6.07) is 0. The van der Waals surface area contributed by atoms with Crippen LogP contribution >= 0.6 is 0 Å². The summed E-state index contributed by atoms with van der Waals surface area (Å²) in [5, 5.41) is 9.33. The molecule has 0 aromatic carbocycles. The number of hydrogen-bond acceptors (Lipinski definition) is 2. The molecule has 0 aromatic heterocycles. The predicted octanol–water partition coefficient (Wildman–Crippen LogP) is 0.871. The van der Waals surface area contributed by atoms with Crippen molar-refractivity contribution in [1.29, 1.82) is 0 Å². The first-order chi connectivity index (χ1) is 6.30. The molecule has 3 nitrogen and oxygen atoms in total. The minimum absolute atomic E-state index is 0.0204. The van der Waals surface area contributed by atoms with Crippen LogP contribution in [0.1, 0.15) is 20.3 Å². The lowest BCUT2D eigenvalue weighted by molar-refractivity contribution is -0.159. The van der Waals surface area contributed by atoms with Crippen LogP contribution in [0.2, 0.25) is 0 Å². The van der Waals surface area contributed by atoms with Crippen LogP contribution in [0.4, 0.5) is 8.78 Å². The van der Waals surface area contributed by atoms with Gasteiger partial charge in [-0.25, -0.2) is 0 Å². The van der Waals surface area contributed by atoms with Crippen molar-refractivity contribution < 1.29 is 18.7 Å². The predicted molar refractivity (Wildman–Crippen MR) is 47.0 cm³/mol. The van der Waals surface area contributed by atoms with Gasteiger partial charge in [-0.1, -0.05) is 6.92 Å². The molecule has 0 spiro atoms. The largest absolute Gasteiger partial charge is 0.391 e. The van der Waals surface area contributed by atoms with Gasteiger partial charge in [-0.2, -0.15) is 8.78 Å². The fourth-order valence-corrected chi connectivity index (χ4v) is 1.76. The number of nitrogens with zero attached hydrogens (tertiary/aromatic N) is 1. The number of carbonyl (C=O) groups is 1. The Kier molecular flexibility index (Phi) is 3.09. The van der Waals surface area contributed by atoms with Gasteiger partial charge in [0.1, 0.15) is 0 Å². The maximum absolute atomic E-state index is 12.7. The molecule has 0 unspecified atom stereocenters. The molecule has 1 amide bonds. The Hall–Kier alpha value is -0.710. The van der Waals surface area contributed by atoms with E-state index in [4.69, 9.17) is 0 Å². The Balaban J connectivity index is 2.64. The number of amides is 1. The van der Waals surface area contributed by atoms with Gasteiger partial charge < -0.3 is 10.0 Å². The molecular formula is C9H15F2NO2. The Labute approximate surface area is 81.7 Å². The molecule has 14 heavy (non-hydrogen) atoms. The van der Waals surface area contributed by atoms with Crippen molar-refractivity contribution in [2.75, 3.05) is 13.1 Å². The van der Waals surface area contributed by atoms with E-state index in [0.717, 1.165) is 4.90 Å². The van der Waals surface area contributed by atoms with Crippen molar-refractivity contribution in [3.05, 3.63) is 0 Å². The standard InChI is InChI=1S/C9H15F2NO2/c1-6-3-7(13)5-12(4-6)8(14)9(2,10)11/h6-7,13H,3-5H2,1-2H3/t6-,7+/m1/s1. The van der Waals surface area contributed by atoms with E-state index in [1.807, 2.05) is 6.92 Å². The van der Waals surface area contributed by atoms with Crippen molar-refractivity contribution in [1.82, 2.24) is 4.90 Å². The highest BCUT2D eigenvalue weighted by Gasteiger charge is 2.39. The number of aliphatic hydroxyl groups is 1. The molecule has 0 aliphatic carbocycles. The molecule has 1 fully saturated rings. The fraction of sp³-hybridized carbons (Fsp3) is 0.889. The Morgan fingerprint density at radius 2 is 2.07 bits per heavy atom. The van der Waals surface area contributed by atoms with E-state index in [-0.39, 0.29) is 12.5 Å². The third-order valence-corrected chi connectivity index (χ3v) is 2.30. The van der Waals surface area contributed by atoms with E-state index < -0.39 is 17.9 Å². The third kappa shape index (κ3) is 2.64. The van der Waals surface area contributed by atoms with E-state index >= 15 is 0 Å². The molecule has 1 aliphatic rings. The van der Waals surface area contributed by atoms with Crippen LogP contribution < -0.4 is 0 Å². The molecule has 1 saturated heterocycles. The van der Waals surface area contributed by atoms with Gasteiger partial charge in [0, 0.05) is 20.0 Å². The van der Waals surface area contributed by atoms with Crippen LogP contribution in [-0.4, -0.2) is 41.0 Å². The molecule has 82 valence electrons. The maximum atomic E-state index is 12.7. The second-order valence-corrected chi connectivity index (χ2v) is 4.09. The van der Waals surface area contributed by atoms with Gasteiger partial charge in [0.15, 0.2) is 0 Å². The quantitative estimate of drug-likeness (QED) is 0.693. The zero-order chi connectivity index (χ0) is 10.9. The summed E-state index contributed by atoms with van der Waals surface area (Å²) in [5.74, 6) is -4.45. The van der Waals surface area contributed by atoms with Gasteiger partial charge in [0.05, 0.1) is 6.10 Å². The summed E-state index contributed by atoms with van der Waals surface area (Å²) in [6.45, 7) is 2.74. The number of β-amino-alcohol motifs (C(OH)–C–C–N with tert-alkyl or cyclic N) is 1. The summed E-state index contributed by atoms with van der Waals surface area (Å²) in [4.78, 5) is 12.2. The first kappa shape index (κ1) is 11.4. The van der Waals surface area contributed by atoms with Gasteiger partial charge in [-0.05, 0) is 12.3 Å². The topological polar surface area (TPSA) is 40.5 Å². The summed E-state index contributed by atoms with van der Waals surface area (Å²) < 4.78 is 25.4. The average Bonchev–Trinajstić information content (AvgIpc) is 1.99. The van der Waals surface area contributed by atoms with E-state index in [1.54, 1.807) is 0 Å². The third-order valence-electron chi connectivity index (χ3n) is 2.30. The van der Waals surface area contributed by atoms with E-state index in [0.29, 0.717) is 19.9 Å². The smallest absolute Gasteiger partial charge is 0.322 e. The fourth-order valence-electron chi connectivity index (χ4n) is 1.76. The molecule has 5 heteroatoms. The Morgan fingerprint density at radius 1 is 1.50 bits per heavy atom. The van der Waals surface area contributed by atoms with Crippen molar-refractivity contribution in [3.8, 4) is 0 Å². The first-order valence-corrected chi connectivity index (χ1v) is 4.66. The zero-order valence-corrected chi connectivity index (χ0v) is 8.33. The Morgan fingerprint density at radius 3 is 2.50 bits per heavy atom. The van der Waals surface area contributed by atoms with Crippen LogP contribution in [0.5, 0.6) is 0 Å². The molecule has 2 atom stereocenters. The van der Waals surface area contributed by atoms with Crippen LogP contribution in [0, 0.1) is 5.92 Å². The van der Waals surface area contributed by atoms with Crippen molar-refractivity contribution >= 4 is 5.91 Å². The zero-order valence-electron chi connectivity index (χ0n) is 8.33. The molecule has 1 heterocycles. The second kappa shape index (κ2) is 3.81. The highest BCUT2D eigenvalue weighted by atomic mass is 19.3. The number of likely N-dealkylation sites (tertiary alicyclic amines) is 1. The second-order valence-electron chi connectivity index (χ2n) is 4.09. The highest BCUT2D eigenvalue weighted by molar-refractivity contribution is 5.83. The number of halogens is 2. The lowest BCUT2D eigenvalue weighted by Crippen LogP contribution is -2.50. The monoisotopic (exact) mass is 207 g/mol. The van der Waals surface area contributed by atoms with E-state index in [9.17, 15) is 18.7 Å². The lowest BCUT2D eigenvalue weighted by atomic mass is 9.97. The van der Waals surface area contributed by atoms with Gasteiger partial charge in [-0.3, -0.25) is 4.79 Å². The van der Waals surface area contributed by atoms with Crippen molar-refractivity contribution in [2.45, 2.75) is 32.3 Å². The maximum Gasteiger partial charge on any atom is 0.322 e. The number of hydrogen-bond donors (Lipinski definition) is 1. The van der Waals surface area contributed by atoms with Gasteiger partial charge >= 0.3 is 5.92 Å². The molecular weight excluding hydrogens is 192 g/mol. The molecule has 0 saturated carbocycles. The van der Waals surface area contributed by atoms with Gasteiger partial charge in [-0.15, -0.1) is 0 Å². The van der Waals surface area contributed by atoms with Gasteiger partial charge in [0.25, 0.3) is 5.91 Å². The summed E-state index contributed by atoms with van der Waals surface area (Å²) in [5.41, 5.74) is 0. The number of aliphatic hydroxyl groups excluding tert-OH is 1. The number of alkyl halides is 2. The number of piperidine rings is 1. The van der Waals surface area contributed by atoms with Crippen LogP contribution in [0.15, 0.2) is 0 Å². The molecule has 0 bridgehead atoms. The molecule has 0 aromatic rings. The van der Waals surface area contributed by atoms with Crippen LogP contribution in [-0.2, 0) is 4.79 Å². The van der Waals surface area contributed by atoms with Gasteiger partial charge in [0.2, 0.25) is 0 Å². The van der Waals surface area contributed by atoms with E-state index in [2.05, 4.69) is 0 Å². The lowest BCUT2D eigenvalue weighted by Gasteiger charge is -2.35. The highest BCUT2D eigenvalue weighted by Crippen LogP contribution is 2.22. The summed E-state index contributed by atoms with van der Waals surface area (Å²) >= 11 is 0. The summed E-state index contributed by atoms with van der Waals surface area (Å²) in [6.07, 6.45) is -0.107. The minimum Gasteiger partial charge on any atom is -0.391 e. The molecule has 1 N–H and O–H groups in total. The van der Waals surface area contributed by atoms with Crippen molar-refractivity contribution in [3.63, 3.8) is 0 Å². The molecule has 1 aliphatic heterocycles. The number of carbonyl (C=O) groups excluding carboxylic acids is 1. The molecule has 0 radical (unpaired) electrons. The Bertz CT molecular complexity index is 217. The van der Waals surface area contributed by atoms with Crippen LogP contribution in [0.3, 0.4) is 0 Å². The average molecular weight is 207 g/mol. The minimum atomic E-state index is -3.34. The normalized spacial score (nSPS) is 29.1. The molecule has 1 rings (SSSR count). The summed E-state index contributed by atoms with van der Waals surface area (Å²) in [7, 11) is 0.